The maximum absolute atomic E-state index is 12.7. The number of H-pyrrole nitrogens is 1. The van der Waals surface area contributed by atoms with Crippen molar-refractivity contribution in [1.82, 2.24) is 25.5 Å². The van der Waals surface area contributed by atoms with Gasteiger partial charge in [-0.1, -0.05) is 0 Å². The average Bonchev–Trinajstić information content (AvgIpc) is 3.16. The Balaban J connectivity index is 1.95. The first-order chi connectivity index (χ1) is 14.3. The molecular weight excluding hydrogens is 388 g/mol. The Morgan fingerprint density at radius 3 is 2.40 bits per heavy atom. The van der Waals surface area contributed by atoms with Gasteiger partial charge in [0.2, 0.25) is 5.91 Å². The Hall–Kier alpha value is -3.53. The minimum absolute atomic E-state index is 0.0735. The fourth-order valence-corrected chi connectivity index (χ4v) is 2.63. The molecule has 0 bridgehead atoms. The van der Waals surface area contributed by atoms with Crippen molar-refractivity contribution in [3.63, 3.8) is 0 Å². The first-order valence-corrected chi connectivity index (χ1v) is 9.48. The SMILES string of the molecule is CNCCCN(C(=O)NCC(=O)Nc1ccc(C(C)=O)cc1)C(=O)c1cnc(C)[nH]1. The number of benzene rings is 1. The first-order valence-electron chi connectivity index (χ1n) is 9.48. The van der Waals surface area contributed by atoms with E-state index in [0.29, 0.717) is 30.0 Å². The van der Waals surface area contributed by atoms with E-state index in [4.69, 9.17) is 0 Å². The summed E-state index contributed by atoms with van der Waals surface area (Å²) in [6.07, 6.45) is 1.92. The van der Waals surface area contributed by atoms with Crippen LogP contribution in [0.5, 0.6) is 0 Å². The highest BCUT2D eigenvalue weighted by molar-refractivity contribution is 6.04. The van der Waals surface area contributed by atoms with Crippen molar-refractivity contribution in [3.8, 4) is 0 Å². The number of aromatic nitrogens is 2. The molecule has 1 heterocycles. The number of carbonyl (C=O) groups excluding carboxylic acids is 4. The standard InChI is InChI=1S/C20H26N6O4/c1-13(27)15-5-7-16(8-6-15)25-18(28)12-23-20(30)26(10-4-9-21-3)19(29)17-11-22-14(2)24-17/h5-8,11,21H,4,9-10,12H2,1-3H3,(H,22,24)(H,23,30)(H,25,28). The number of anilines is 1. The highest BCUT2D eigenvalue weighted by Crippen LogP contribution is 2.10. The number of aryl methyl sites for hydroxylation is 1. The molecule has 4 amide bonds. The lowest BCUT2D eigenvalue weighted by molar-refractivity contribution is -0.115. The Kier molecular flexibility index (Phi) is 8.24. The second-order valence-electron chi connectivity index (χ2n) is 6.64. The van der Waals surface area contributed by atoms with Crippen LogP contribution in [0.15, 0.2) is 30.5 Å². The largest absolute Gasteiger partial charge is 0.338 e. The van der Waals surface area contributed by atoms with Gasteiger partial charge in [-0.05, 0) is 58.1 Å². The summed E-state index contributed by atoms with van der Waals surface area (Å²) >= 11 is 0. The fourth-order valence-electron chi connectivity index (χ4n) is 2.63. The van der Waals surface area contributed by atoms with E-state index in [1.165, 1.54) is 13.1 Å². The molecule has 10 heteroatoms. The lowest BCUT2D eigenvalue weighted by Crippen LogP contribution is -2.47. The Bertz CT molecular complexity index is 906. The van der Waals surface area contributed by atoms with Gasteiger partial charge in [0.25, 0.3) is 5.91 Å². The van der Waals surface area contributed by atoms with Crippen LogP contribution in [0, 0.1) is 6.92 Å². The quantitative estimate of drug-likeness (QED) is 0.361. The zero-order chi connectivity index (χ0) is 22.1. The van der Waals surface area contributed by atoms with Crippen LogP contribution in [-0.2, 0) is 4.79 Å². The first kappa shape index (κ1) is 22.8. The van der Waals surface area contributed by atoms with Crippen molar-refractivity contribution < 1.29 is 19.2 Å². The molecule has 1 aromatic heterocycles. The van der Waals surface area contributed by atoms with Crippen LogP contribution in [0.3, 0.4) is 0 Å². The summed E-state index contributed by atoms with van der Waals surface area (Å²) in [5, 5.41) is 8.04. The zero-order valence-electron chi connectivity index (χ0n) is 17.2. The van der Waals surface area contributed by atoms with Gasteiger partial charge in [-0.25, -0.2) is 9.78 Å². The van der Waals surface area contributed by atoms with E-state index in [2.05, 4.69) is 25.9 Å². The van der Waals surface area contributed by atoms with Crippen molar-refractivity contribution in [2.24, 2.45) is 0 Å². The van der Waals surface area contributed by atoms with Crippen LogP contribution in [0.25, 0.3) is 0 Å². The van der Waals surface area contributed by atoms with E-state index in [1.54, 1.807) is 38.2 Å². The zero-order valence-corrected chi connectivity index (χ0v) is 17.2. The molecular formula is C20H26N6O4. The van der Waals surface area contributed by atoms with Gasteiger partial charge in [-0.3, -0.25) is 19.3 Å². The number of hydrogen-bond donors (Lipinski definition) is 4. The van der Waals surface area contributed by atoms with Crippen molar-refractivity contribution >= 4 is 29.3 Å². The molecule has 0 radical (unpaired) electrons. The molecule has 10 nitrogen and oxygen atoms in total. The topological polar surface area (TPSA) is 136 Å². The molecule has 0 atom stereocenters. The number of hydrogen-bond acceptors (Lipinski definition) is 6. The molecule has 0 aliphatic rings. The number of carbonyl (C=O) groups is 4. The molecule has 0 fully saturated rings. The monoisotopic (exact) mass is 414 g/mol. The highest BCUT2D eigenvalue weighted by Gasteiger charge is 2.24. The Morgan fingerprint density at radius 2 is 1.83 bits per heavy atom. The van der Waals surface area contributed by atoms with Crippen LogP contribution in [0.2, 0.25) is 0 Å². The molecule has 0 aliphatic carbocycles. The fraction of sp³-hybridized carbons (Fsp3) is 0.350. The summed E-state index contributed by atoms with van der Waals surface area (Å²) in [5.74, 6) is -0.497. The van der Waals surface area contributed by atoms with Gasteiger partial charge in [-0.2, -0.15) is 0 Å². The molecule has 0 spiro atoms. The van der Waals surface area contributed by atoms with Crippen molar-refractivity contribution in [2.75, 3.05) is 32.0 Å². The second kappa shape index (κ2) is 10.9. The summed E-state index contributed by atoms with van der Waals surface area (Å²) in [5.41, 5.74) is 1.22. The molecule has 160 valence electrons. The number of urea groups is 1. The van der Waals surface area contributed by atoms with Crippen molar-refractivity contribution in [3.05, 3.63) is 47.5 Å². The molecule has 0 saturated carbocycles. The summed E-state index contributed by atoms with van der Waals surface area (Å²) in [6, 6.07) is 5.73. The van der Waals surface area contributed by atoms with E-state index < -0.39 is 17.8 Å². The maximum Gasteiger partial charge on any atom is 0.324 e. The van der Waals surface area contributed by atoms with Crippen LogP contribution in [0.1, 0.15) is 40.0 Å². The smallest absolute Gasteiger partial charge is 0.324 e. The molecule has 1 aromatic carbocycles. The molecule has 30 heavy (non-hydrogen) atoms. The third kappa shape index (κ3) is 6.52. The normalized spacial score (nSPS) is 10.4. The maximum atomic E-state index is 12.7. The number of Topliss-reactive ketones (excluding diaryl/α,β-unsaturated/α-hetero) is 1. The van der Waals surface area contributed by atoms with Gasteiger partial charge in [0.1, 0.15) is 11.5 Å². The number of ketones is 1. The van der Waals surface area contributed by atoms with Crippen LogP contribution < -0.4 is 16.0 Å². The number of amides is 4. The van der Waals surface area contributed by atoms with E-state index in [9.17, 15) is 19.2 Å². The minimum Gasteiger partial charge on any atom is -0.338 e. The van der Waals surface area contributed by atoms with E-state index in [1.807, 2.05) is 0 Å². The van der Waals surface area contributed by atoms with Gasteiger partial charge < -0.3 is 20.9 Å². The predicted octanol–water partition coefficient (Wildman–Crippen LogP) is 1.32. The van der Waals surface area contributed by atoms with Crippen molar-refractivity contribution in [1.29, 1.82) is 0 Å². The Labute approximate surface area is 174 Å². The molecule has 0 unspecified atom stereocenters. The molecule has 2 aromatic rings. The predicted molar refractivity (Wildman–Crippen MR) is 111 cm³/mol. The van der Waals surface area contributed by atoms with E-state index in [0.717, 1.165) is 4.90 Å². The van der Waals surface area contributed by atoms with Gasteiger partial charge in [0, 0.05) is 17.8 Å². The number of nitrogens with one attached hydrogen (secondary N) is 4. The lowest BCUT2D eigenvalue weighted by Gasteiger charge is -2.20. The average molecular weight is 414 g/mol. The van der Waals surface area contributed by atoms with E-state index >= 15 is 0 Å². The minimum atomic E-state index is -0.676. The van der Waals surface area contributed by atoms with Gasteiger partial charge in [0.05, 0.1) is 12.7 Å². The number of nitrogens with zero attached hydrogens (tertiary/aromatic N) is 2. The van der Waals surface area contributed by atoms with Gasteiger partial charge in [0.15, 0.2) is 5.78 Å². The third-order valence-electron chi connectivity index (χ3n) is 4.21. The molecule has 4 N–H and O–H groups in total. The summed E-state index contributed by atoms with van der Waals surface area (Å²) in [7, 11) is 1.78. The molecule has 0 saturated heterocycles. The van der Waals surface area contributed by atoms with Gasteiger partial charge >= 0.3 is 6.03 Å². The lowest BCUT2D eigenvalue weighted by atomic mass is 10.1. The number of aromatic amines is 1. The summed E-state index contributed by atoms with van der Waals surface area (Å²) < 4.78 is 0. The van der Waals surface area contributed by atoms with Crippen LogP contribution in [0.4, 0.5) is 10.5 Å². The van der Waals surface area contributed by atoms with Gasteiger partial charge in [-0.15, -0.1) is 0 Å². The van der Waals surface area contributed by atoms with Crippen LogP contribution >= 0.6 is 0 Å². The third-order valence-corrected chi connectivity index (χ3v) is 4.21. The Morgan fingerprint density at radius 1 is 1.13 bits per heavy atom. The summed E-state index contributed by atoms with van der Waals surface area (Å²) in [4.78, 5) is 56.5. The number of rotatable bonds is 9. The number of imidazole rings is 1. The summed E-state index contributed by atoms with van der Waals surface area (Å²) in [6.45, 7) is 3.64. The second-order valence-corrected chi connectivity index (χ2v) is 6.64. The molecule has 2 rings (SSSR count). The molecule has 0 aliphatic heterocycles. The van der Waals surface area contributed by atoms with Crippen molar-refractivity contribution in [2.45, 2.75) is 20.3 Å². The van der Waals surface area contributed by atoms with Crippen LogP contribution in [-0.4, -0.2) is 65.2 Å². The highest BCUT2D eigenvalue weighted by atomic mass is 16.2. The number of imide groups is 1. The van der Waals surface area contributed by atoms with E-state index in [-0.39, 0.29) is 24.6 Å².